The Morgan fingerprint density at radius 3 is 3.05 bits per heavy atom. The quantitative estimate of drug-likeness (QED) is 0.910. The van der Waals surface area contributed by atoms with Crippen LogP contribution in [0.1, 0.15) is 19.8 Å². The van der Waals surface area contributed by atoms with Crippen LogP contribution in [0.3, 0.4) is 0 Å². The summed E-state index contributed by atoms with van der Waals surface area (Å²) in [5.74, 6) is 1.93. The lowest BCUT2D eigenvalue weighted by atomic mass is 9.91. The fourth-order valence-electron chi connectivity index (χ4n) is 3.24. The van der Waals surface area contributed by atoms with Crippen molar-refractivity contribution in [3.8, 4) is 5.75 Å². The standard InChI is InChI=1S/C17H23N3O/c1-12(18-2)14-4-3-9-20(11-14)17-16-10-15(21)6-5-13(16)7-8-19-17/h5-8,10,12,14,18,21H,3-4,9,11H2,1-2H3. The molecule has 3 rings (SSSR count). The van der Waals surface area contributed by atoms with Crippen LogP contribution in [-0.4, -0.2) is 36.3 Å². The maximum absolute atomic E-state index is 9.78. The van der Waals surface area contributed by atoms with Gasteiger partial charge in [0.1, 0.15) is 11.6 Å². The molecule has 4 nitrogen and oxygen atoms in total. The molecule has 1 aromatic heterocycles. The summed E-state index contributed by atoms with van der Waals surface area (Å²) in [4.78, 5) is 6.95. The first kappa shape index (κ1) is 14.1. The summed E-state index contributed by atoms with van der Waals surface area (Å²) in [6.45, 7) is 4.30. The van der Waals surface area contributed by atoms with Crippen molar-refractivity contribution in [2.45, 2.75) is 25.8 Å². The zero-order valence-electron chi connectivity index (χ0n) is 12.7. The van der Waals surface area contributed by atoms with E-state index in [-0.39, 0.29) is 0 Å². The van der Waals surface area contributed by atoms with Crippen LogP contribution in [0.5, 0.6) is 5.75 Å². The highest BCUT2D eigenvalue weighted by Gasteiger charge is 2.25. The lowest BCUT2D eigenvalue weighted by Gasteiger charge is -2.36. The molecule has 0 amide bonds. The Labute approximate surface area is 125 Å². The maximum atomic E-state index is 9.78. The zero-order chi connectivity index (χ0) is 14.8. The molecule has 2 N–H and O–H groups in total. The highest BCUT2D eigenvalue weighted by molar-refractivity contribution is 5.93. The van der Waals surface area contributed by atoms with E-state index in [0.717, 1.165) is 29.7 Å². The summed E-state index contributed by atoms with van der Waals surface area (Å²) < 4.78 is 0. The SMILES string of the molecule is CNC(C)C1CCCN(c2nccc3ccc(O)cc23)C1. The largest absolute Gasteiger partial charge is 0.508 e. The van der Waals surface area contributed by atoms with Gasteiger partial charge < -0.3 is 15.3 Å². The molecule has 0 bridgehead atoms. The molecular weight excluding hydrogens is 262 g/mol. The van der Waals surface area contributed by atoms with E-state index in [1.54, 1.807) is 6.07 Å². The third kappa shape index (κ3) is 2.81. The number of benzene rings is 1. The van der Waals surface area contributed by atoms with Gasteiger partial charge in [0, 0.05) is 30.7 Å². The molecule has 112 valence electrons. The lowest BCUT2D eigenvalue weighted by Crippen LogP contribution is -2.43. The average Bonchev–Trinajstić information content (AvgIpc) is 2.53. The molecular formula is C17H23N3O. The Morgan fingerprint density at radius 1 is 1.38 bits per heavy atom. The van der Waals surface area contributed by atoms with E-state index in [1.807, 2.05) is 31.4 Å². The van der Waals surface area contributed by atoms with Crippen LogP contribution >= 0.6 is 0 Å². The van der Waals surface area contributed by atoms with Crippen molar-refractivity contribution in [2.24, 2.45) is 5.92 Å². The minimum atomic E-state index is 0.300. The third-order valence-corrected chi connectivity index (χ3v) is 4.65. The summed E-state index contributed by atoms with van der Waals surface area (Å²) in [7, 11) is 2.03. The Morgan fingerprint density at radius 2 is 2.24 bits per heavy atom. The van der Waals surface area contributed by atoms with Gasteiger partial charge in [-0.3, -0.25) is 0 Å². The van der Waals surface area contributed by atoms with Crippen LogP contribution < -0.4 is 10.2 Å². The zero-order valence-corrected chi connectivity index (χ0v) is 12.7. The maximum Gasteiger partial charge on any atom is 0.136 e. The molecule has 2 atom stereocenters. The van der Waals surface area contributed by atoms with Crippen LogP contribution in [0, 0.1) is 5.92 Å². The number of anilines is 1. The second kappa shape index (κ2) is 5.90. The number of phenolic OH excluding ortho intramolecular Hbond substituents is 1. The van der Waals surface area contributed by atoms with E-state index >= 15 is 0 Å². The highest BCUT2D eigenvalue weighted by Crippen LogP contribution is 2.31. The Balaban J connectivity index is 1.94. The summed E-state index contributed by atoms with van der Waals surface area (Å²) in [5.41, 5.74) is 0. The fourth-order valence-corrected chi connectivity index (χ4v) is 3.24. The minimum Gasteiger partial charge on any atom is -0.508 e. The number of aromatic nitrogens is 1. The lowest BCUT2D eigenvalue weighted by molar-refractivity contribution is 0.332. The number of nitrogens with zero attached hydrogens (tertiary/aromatic N) is 2. The Bertz CT molecular complexity index is 628. The van der Waals surface area contributed by atoms with Gasteiger partial charge in [-0.15, -0.1) is 0 Å². The molecule has 1 aromatic carbocycles. The van der Waals surface area contributed by atoms with Gasteiger partial charge in [-0.05, 0) is 56.3 Å². The molecule has 0 radical (unpaired) electrons. The van der Waals surface area contributed by atoms with Gasteiger partial charge in [0.05, 0.1) is 0 Å². The fraction of sp³-hybridized carbons (Fsp3) is 0.471. The van der Waals surface area contributed by atoms with Gasteiger partial charge in [0.2, 0.25) is 0 Å². The second-order valence-electron chi connectivity index (χ2n) is 5.97. The Hall–Kier alpha value is -1.81. The number of fused-ring (bicyclic) bond motifs is 1. The van der Waals surface area contributed by atoms with Gasteiger partial charge in [-0.2, -0.15) is 0 Å². The van der Waals surface area contributed by atoms with Crippen LogP contribution in [0.4, 0.5) is 5.82 Å². The van der Waals surface area contributed by atoms with Crippen molar-refractivity contribution < 1.29 is 5.11 Å². The molecule has 1 aliphatic rings. The normalized spacial score (nSPS) is 20.7. The number of piperidine rings is 1. The van der Waals surface area contributed by atoms with Gasteiger partial charge in [-0.1, -0.05) is 6.07 Å². The van der Waals surface area contributed by atoms with Crippen molar-refractivity contribution in [3.05, 3.63) is 30.5 Å². The van der Waals surface area contributed by atoms with Gasteiger partial charge in [0.15, 0.2) is 0 Å². The number of nitrogens with one attached hydrogen (secondary N) is 1. The van der Waals surface area contributed by atoms with E-state index in [1.165, 1.54) is 12.8 Å². The van der Waals surface area contributed by atoms with Gasteiger partial charge in [0.25, 0.3) is 0 Å². The van der Waals surface area contributed by atoms with Crippen molar-refractivity contribution in [1.82, 2.24) is 10.3 Å². The van der Waals surface area contributed by atoms with E-state index in [0.29, 0.717) is 17.7 Å². The van der Waals surface area contributed by atoms with Crippen LogP contribution in [0.15, 0.2) is 30.5 Å². The highest BCUT2D eigenvalue weighted by atomic mass is 16.3. The first-order valence-electron chi connectivity index (χ1n) is 7.69. The third-order valence-electron chi connectivity index (χ3n) is 4.65. The predicted molar refractivity (Wildman–Crippen MR) is 86.9 cm³/mol. The van der Waals surface area contributed by atoms with Crippen molar-refractivity contribution in [2.75, 3.05) is 25.0 Å². The Kier molecular flexibility index (Phi) is 3.97. The van der Waals surface area contributed by atoms with Crippen molar-refractivity contribution in [1.29, 1.82) is 0 Å². The van der Waals surface area contributed by atoms with E-state index < -0.39 is 0 Å². The molecule has 0 aliphatic carbocycles. The smallest absolute Gasteiger partial charge is 0.136 e. The van der Waals surface area contributed by atoms with Gasteiger partial charge in [-0.25, -0.2) is 4.98 Å². The van der Waals surface area contributed by atoms with E-state index in [4.69, 9.17) is 0 Å². The van der Waals surface area contributed by atoms with Crippen LogP contribution in [-0.2, 0) is 0 Å². The number of hydrogen-bond acceptors (Lipinski definition) is 4. The molecule has 4 heteroatoms. The number of hydrogen-bond donors (Lipinski definition) is 2. The van der Waals surface area contributed by atoms with E-state index in [9.17, 15) is 5.11 Å². The molecule has 1 saturated heterocycles. The molecule has 1 fully saturated rings. The van der Waals surface area contributed by atoms with Crippen LogP contribution in [0.25, 0.3) is 10.8 Å². The first-order valence-corrected chi connectivity index (χ1v) is 7.69. The summed E-state index contributed by atoms with van der Waals surface area (Å²) in [6.07, 6.45) is 4.31. The molecule has 1 aliphatic heterocycles. The van der Waals surface area contributed by atoms with Crippen LogP contribution in [0.2, 0.25) is 0 Å². The monoisotopic (exact) mass is 285 g/mol. The van der Waals surface area contributed by atoms with E-state index in [2.05, 4.69) is 22.1 Å². The summed E-state index contributed by atoms with van der Waals surface area (Å²) >= 11 is 0. The number of rotatable bonds is 3. The molecule has 0 spiro atoms. The first-order chi connectivity index (χ1) is 10.2. The predicted octanol–water partition coefficient (Wildman–Crippen LogP) is 2.76. The van der Waals surface area contributed by atoms with Crippen molar-refractivity contribution >= 4 is 16.6 Å². The number of aromatic hydroxyl groups is 1. The molecule has 2 heterocycles. The molecule has 21 heavy (non-hydrogen) atoms. The van der Waals surface area contributed by atoms with Gasteiger partial charge >= 0.3 is 0 Å². The minimum absolute atomic E-state index is 0.300. The topological polar surface area (TPSA) is 48.4 Å². The second-order valence-corrected chi connectivity index (χ2v) is 5.97. The number of pyridine rings is 1. The summed E-state index contributed by atoms with van der Waals surface area (Å²) in [5, 5.41) is 15.3. The molecule has 0 saturated carbocycles. The van der Waals surface area contributed by atoms with Crippen molar-refractivity contribution in [3.63, 3.8) is 0 Å². The average molecular weight is 285 g/mol. The molecule has 2 aromatic rings. The summed E-state index contributed by atoms with van der Waals surface area (Å²) in [6, 6.07) is 8.01. The number of phenols is 1. The molecule has 2 unspecified atom stereocenters.